The van der Waals surface area contributed by atoms with Gasteiger partial charge in [-0.3, -0.25) is 4.79 Å². The van der Waals surface area contributed by atoms with Crippen LogP contribution in [0.1, 0.15) is 27.2 Å². The third kappa shape index (κ3) is 7.74. The Bertz CT molecular complexity index is 159. The topological polar surface area (TPSA) is 55.8 Å². The quantitative estimate of drug-likeness (QED) is 0.664. The number of esters is 1. The van der Waals surface area contributed by atoms with Gasteiger partial charge in [0.15, 0.2) is 0 Å². The highest BCUT2D eigenvalue weighted by Gasteiger charge is 2.16. The largest absolute Gasteiger partial charge is 0.469 e. The second kappa shape index (κ2) is 5.19. The molecule has 0 bridgehead atoms. The summed E-state index contributed by atoms with van der Waals surface area (Å²) in [5, 5.41) is 9.29. The minimum Gasteiger partial charge on any atom is -0.469 e. The Morgan fingerprint density at radius 1 is 1.46 bits per heavy atom. The van der Waals surface area contributed by atoms with Gasteiger partial charge in [-0.1, -0.05) is 0 Å². The number of hydrogen-bond donors (Lipinski definition) is 1. The molecule has 0 heterocycles. The molecular formula is C9H18O4. The molecule has 0 amide bonds. The van der Waals surface area contributed by atoms with Gasteiger partial charge in [-0.15, -0.1) is 0 Å². The van der Waals surface area contributed by atoms with Crippen LogP contribution in [-0.2, 0) is 14.3 Å². The minimum absolute atomic E-state index is 0.0212. The Labute approximate surface area is 78.8 Å². The molecule has 0 fully saturated rings. The summed E-state index contributed by atoms with van der Waals surface area (Å²) in [5.41, 5.74) is -0.295. The fraction of sp³-hybridized carbons (Fsp3) is 0.889. The van der Waals surface area contributed by atoms with Crippen LogP contribution in [0.5, 0.6) is 0 Å². The molecule has 0 spiro atoms. The molecule has 0 aromatic carbocycles. The Kier molecular flexibility index (Phi) is 4.95. The van der Waals surface area contributed by atoms with Crippen molar-refractivity contribution in [3.63, 3.8) is 0 Å². The van der Waals surface area contributed by atoms with Gasteiger partial charge in [0.1, 0.15) is 0 Å². The summed E-state index contributed by atoms with van der Waals surface area (Å²) in [6, 6.07) is 0. The van der Waals surface area contributed by atoms with Crippen LogP contribution < -0.4 is 0 Å². The van der Waals surface area contributed by atoms with Gasteiger partial charge in [0.05, 0.1) is 31.8 Å². The number of aliphatic hydroxyl groups is 1. The van der Waals surface area contributed by atoms with Crippen LogP contribution >= 0.6 is 0 Å². The molecule has 1 N–H and O–H groups in total. The van der Waals surface area contributed by atoms with Gasteiger partial charge in [-0.05, 0) is 20.8 Å². The monoisotopic (exact) mass is 190 g/mol. The first-order chi connectivity index (χ1) is 5.85. The lowest BCUT2D eigenvalue weighted by Crippen LogP contribution is -2.27. The van der Waals surface area contributed by atoms with Crippen LogP contribution in [-0.4, -0.2) is 36.5 Å². The van der Waals surface area contributed by atoms with Crippen molar-refractivity contribution in [1.29, 1.82) is 0 Å². The van der Waals surface area contributed by atoms with E-state index in [4.69, 9.17) is 4.74 Å². The number of aliphatic hydroxyl groups excluding tert-OH is 1. The van der Waals surface area contributed by atoms with Crippen molar-refractivity contribution < 1.29 is 19.4 Å². The lowest BCUT2D eigenvalue weighted by Gasteiger charge is -2.21. The molecule has 0 aliphatic rings. The van der Waals surface area contributed by atoms with Crippen molar-refractivity contribution in [2.75, 3.05) is 13.7 Å². The van der Waals surface area contributed by atoms with Crippen LogP contribution in [0.4, 0.5) is 0 Å². The molecule has 0 aromatic rings. The van der Waals surface area contributed by atoms with Gasteiger partial charge in [-0.2, -0.15) is 0 Å². The smallest absolute Gasteiger partial charge is 0.308 e. The van der Waals surface area contributed by atoms with E-state index in [1.165, 1.54) is 7.11 Å². The fourth-order valence-corrected chi connectivity index (χ4v) is 0.681. The number of methoxy groups -OCH3 is 1. The zero-order valence-corrected chi connectivity index (χ0v) is 8.66. The fourth-order valence-electron chi connectivity index (χ4n) is 0.681. The van der Waals surface area contributed by atoms with Gasteiger partial charge in [0, 0.05) is 0 Å². The Morgan fingerprint density at radius 2 is 2.00 bits per heavy atom. The summed E-state index contributed by atoms with van der Waals surface area (Å²) in [7, 11) is 1.29. The van der Waals surface area contributed by atoms with Crippen molar-refractivity contribution in [3.8, 4) is 0 Å². The first kappa shape index (κ1) is 12.4. The van der Waals surface area contributed by atoms with E-state index in [0.29, 0.717) is 0 Å². The third-order valence-electron chi connectivity index (χ3n) is 1.34. The molecule has 78 valence electrons. The molecular weight excluding hydrogens is 172 g/mol. The SMILES string of the molecule is COC(=O)C[C@H](O)COC(C)(C)C. The Balaban J connectivity index is 3.63. The molecule has 0 saturated carbocycles. The average molecular weight is 190 g/mol. The van der Waals surface area contributed by atoms with E-state index < -0.39 is 12.1 Å². The molecule has 4 nitrogen and oxygen atoms in total. The third-order valence-corrected chi connectivity index (χ3v) is 1.34. The van der Waals surface area contributed by atoms with Gasteiger partial charge < -0.3 is 14.6 Å². The normalized spacial score (nSPS) is 13.9. The minimum atomic E-state index is -0.785. The first-order valence-electron chi connectivity index (χ1n) is 4.24. The predicted molar refractivity (Wildman–Crippen MR) is 48.3 cm³/mol. The number of carbonyl (C=O) groups is 1. The van der Waals surface area contributed by atoms with Crippen LogP contribution in [0, 0.1) is 0 Å². The van der Waals surface area contributed by atoms with E-state index in [0.717, 1.165) is 0 Å². The highest BCUT2D eigenvalue weighted by Crippen LogP contribution is 2.08. The van der Waals surface area contributed by atoms with Crippen molar-refractivity contribution in [1.82, 2.24) is 0 Å². The number of rotatable bonds is 4. The van der Waals surface area contributed by atoms with Crippen molar-refractivity contribution in [3.05, 3.63) is 0 Å². The molecule has 0 saturated heterocycles. The highest BCUT2D eigenvalue weighted by molar-refractivity contribution is 5.69. The molecule has 0 unspecified atom stereocenters. The summed E-state index contributed by atoms with van der Waals surface area (Å²) >= 11 is 0. The lowest BCUT2D eigenvalue weighted by atomic mass is 10.2. The molecule has 13 heavy (non-hydrogen) atoms. The van der Waals surface area contributed by atoms with Crippen molar-refractivity contribution in [2.45, 2.75) is 38.9 Å². The van der Waals surface area contributed by atoms with E-state index in [-0.39, 0.29) is 18.6 Å². The molecule has 0 radical (unpaired) electrons. The standard InChI is InChI=1S/C9H18O4/c1-9(2,3)13-6-7(10)5-8(11)12-4/h7,10H,5-6H2,1-4H3/t7-/m0/s1. The molecule has 0 aromatic heterocycles. The summed E-state index contributed by atoms with van der Waals surface area (Å²) in [4.78, 5) is 10.7. The van der Waals surface area contributed by atoms with E-state index in [2.05, 4.69) is 4.74 Å². The maximum absolute atomic E-state index is 10.7. The molecule has 1 atom stereocenters. The van der Waals surface area contributed by atoms with Gasteiger partial charge in [-0.25, -0.2) is 0 Å². The van der Waals surface area contributed by atoms with E-state index in [1.54, 1.807) is 0 Å². The molecule has 0 aliphatic heterocycles. The maximum atomic E-state index is 10.7. The van der Waals surface area contributed by atoms with Gasteiger partial charge >= 0.3 is 5.97 Å². The molecule has 0 aliphatic carbocycles. The summed E-state index contributed by atoms with van der Waals surface area (Å²) in [6.07, 6.45) is -0.807. The summed E-state index contributed by atoms with van der Waals surface area (Å²) in [6.45, 7) is 5.81. The van der Waals surface area contributed by atoms with E-state index in [1.807, 2.05) is 20.8 Å². The lowest BCUT2D eigenvalue weighted by molar-refractivity contribution is -0.144. The van der Waals surface area contributed by atoms with Crippen molar-refractivity contribution in [2.24, 2.45) is 0 Å². The number of hydrogen-bond acceptors (Lipinski definition) is 4. The second-order valence-electron chi connectivity index (χ2n) is 3.86. The summed E-state index contributed by atoms with van der Waals surface area (Å²) < 4.78 is 9.68. The first-order valence-corrected chi connectivity index (χ1v) is 4.24. The Morgan fingerprint density at radius 3 is 2.38 bits per heavy atom. The van der Waals surface area contributed by atoms with Crippen molar-refractivity contribution >= 4 is 5.97 Å². The molecule has 0 rings (SSSR count). The highest BCUT2D eigenvalue weighted by atomic mass is 16.5. The Hall–Kier alpha value is -0.610. The predicted octanol–water partition coefficient (Wildman–Crippen LogP) is 0.725. The van der Waals surface area contributed by atoms with Gasteiger partial charge in [0.25, 0.3) is 0 Å². The van der Waals surface area contributed by atoms with Gasteiger partial charge in [0.2, 0.25) is 0 Å². The van der Waals surface area contributed by atoms with Crippen LogP contribution in [0.3, 0.4) is 0 Å². The maximum Gasteiger partial charge on any atom is 0.308 e. The average Bonchev–Trinajstić information content (AvgIpc) is 1.99. The van der Waals surface area contributed by atoms with E-state index in [9.17, 15) is 9.90 Å². The number of ether oxygens (including phenoxy) is 2. The second-order valence-corrected chi connectivity index (χ2v) is 3.86. The van der Waals surface area contributed by atoms with Crippen LogP contribution in [0.2, 0.25) is 0 Å². The van der Waals surface area contributed by atoms with E-state index >= 15 is 0 Å². The molecule has 4 heteroatoms. The zero-order chi connectivity index (χ0) is 10.5. The zero-order valence-electron chi connectivity index (χ0n) is 8.66. The van der Waals surface area contributed by atoms with Crippen LogP contribution in [0.15, 0.2) is 0 Å². The summed E-state index contributed by atoms with van der Waals surface area (Å²) in [5.74, 6) is -0.426. The van der Waals surface area contributed by atoms with Crippen LogP contribution in [0.25, 0.3) is 0 Å². The number of carbonyl (C=O) groups excluding carboxylic acids is 1.